The van der Waals surface area contributed by atoms with Crippen molar-refractivity contribution >= 4 is 23.4 Å². The summed E-state index contributed by atoms with van der Waals surface area (Å²) in [6.45, 7) is 5.77. The Morgan fingerprint density at radius 1 is 0.913 bits per heavy atom. The third-order valence-electron chi connectivity index (χ3n) is 4.27. The van der Waals surface area contributed by atoms with Crippen LogP contribution in [0.15, 0.2) is 60.9 Å². The minimum Gasteiger partial charge on any atom is -0.407 e. The van der Waals surface area contributed by atoms with E-state index in [1.165, 1.54) is 16.5 Å². The van der Waals surface area contributed by atoms with Crippen LogP contribution in [0.3, 0.4) is 0 Å². The summed E-state index contributed by atoms with van der Waals surface area (Å²) in [6.07, 6.45) is 4.11. The van der Waals surface area contributed by atoms with E-state index in [0.29, 0.717) is 0 Å². The largest absolute Gasteiger partial charge is 0.493 e. The van der Waals surface area contributed by atoms with Gasteiger partial charge in [-0.05, 0) is 40.5 Å². The predicted molar refractivity (Wildman–Crippen MR) is 94.3 cm³/mol. The molecule has 0 bridgehead atoms. The van der Waals surface area contributed by atoms with Gasteiger partial charge in [0.05, 0.1) is 0 Å². The van der Waals surface area contributed by atoms with Crippen LogP contribution in [0.1, 0.15) is 13.8 Å². The second kappa shape index (κ2) is 5.55. The van der Waals surface area contributed by atoms with Gasteiger partial charge in [-0.2, -0.15) is 0 Å². The van der Waals surface area contributed by atoms with E-state index in [9.17, 15) is 0 Å². The highest BCUT2D eigenvalue weighted by Gasteiger charge is 2.33. The smallest absolute Gasteiger partial charge is 0.407 e. The SMILES string of the molecule is CC1(C)COB(c2ccc3cc(-n4cccc4)ccc3c2)OC1. The van der Waals surface area contributed by atoms with Gasteiger partial charge in [-0.15, -0.1) is 0 Å². The summed E-state index contributed by atoms with van der Waals surface area (Å²) in [7, 11) is -0.253. The Kier molecular flexibility index (Phi) is 3.51. The first-order valence-corrected chi connectivity index (χ1v) is 8.01. The Hall–Kier alpha value is -2.04. The van der Waals surface area contributed by atoms with E-state index in [0.717, 1.165) is 18.7 Å². The van der Waals surface area contributed by atoms with Gasteiger partial charge in [-0.1, -0.05) is 38.1 Å². The summed E-state index contributed by atoms with van der Waals surface area (Å²) in [5, 5.41) is 2.42. The van der Waals surface area contributed by atoms with E-state index < -0.39 is 0 Å². The van der Waals surface area contributed by atoms with Crippen molar-refractivity contribution in [2.75, 3.05) is 13.2 Å². The molecular weight excluding hydrogens is 285 g/mol. The fraction of sp³-hybridized carbons (Fsp3) is 0.263. The first-order chi connectivity index (χ1) is 11.1. The van der Waals surface area contributed by atoms with Crippen molar-refractivity contribution in [1.29, 1.82) is 0 Å². The number of nitrogens with zero attached hydrogens (tertiary/aromatic N) is 1. The minimum absolute atomic E-state index is 0.0962. The third kappa shape index (κ3) is 2.92. The van der Waals surface area contributed by atoms with Gasteiger partial charge in [-0.3, -0.25) is 0 Å². The maximum atomic E-state index is 5.88. The lowest BCUT2D eigenvalue weighted by atomic mass is 9.75. The topological polar surface area (TPSA) is 23.4 Å². The van der Waals surface area contributed by atoms with Gasteiger partial charge in [0.25, 0.3) is 0 Å². The molecule has 2 aromatic carbocycles. The van der Waals surface area contributed by atoms with E-state index in [2.05, 4.69) is 67.2 Å². The van der Waals surface area contributed by atoms with Crippen LogP contribution in [-0.4, -0.2) is 24.9 Å². The molecule has 116 valence electrons. The highest BCUT2D eigenvalue weighted by Crippen LogP contribution is 2.23. The molecule has 0 aliphatic carbocycles. The molecule has 1 aliphatic heterocycles. The van der Waals surface area contributed by atoms with Gasteiger partial charge in [0, 0.05) is 36.7 Å². The van der Waals surface area contributed by atoms with E-state index in [1.54, 1.807) is 0 Å². The Labute approximate surface area is 137 Å². The number of hydrogen-bond donors (Lipinski definition) is 0. The van der Waals surface area contributed by atoms with Crippen LogP contribution in [-0.2, 0) is 9.31 Å². The van der Waals surface area contributed by atoms with Crippen molar-refractivity contribution in [1.82, 2.24) is 4.57 Å². The first-order valence-electron chi connectivity index (χ1n) is 8.01. The molecule has 4 heteroatoms. The van der Waals surface area contributed by atoms with Crippen molar-refractivity contribution in [3.05, 3.63) is 60.9 Å². The summed E-state index contributed by atoms with van der Waals surface area (Å²) >= 11 is 0. The van der Waals surface area contributed by atoms with Crippen LogP contribution in [0.5, 0.6) is 0 Å². The fourth-order valence-corrected chi connectivity index (χ4v) is 2.95. The van der Waals surface area contributed by atoms with Gasteiger partial charge in [0.15, 0.2) is 0 Å². The zero-order valence-electron chi connectivity index (χ0n) is 13.5. The molecule has 2 heterocycles. The molecule has 23 heavy (non-hydrogen) atoms. The summed E-state index contributed by atoms with van der Waals surface area (Å²) in [6, 6.07) is 17.0. The number of aromatic nitrogens is 1. The lowest BCUT2D eigenvalue weighted by Gasteiger charge is -2.33. The Balaban J connectivity index is 1.63. The highest BCUT2D eigenvalue weighted by atomic mass is 16.6. The summed E-state index contributed by atoms with van der Waals surface area (Å²) in [4.78, 5) is 0. The molecule has 3 nitrogen and oxygen atoms in total. The summed E-state index contributed by atoms with van der Waals surface area (Å²) in [5.74, 6) is 0. The second-order valence-electron chi connectivity index (χ2n) is 7.00. The lowest BCUT2D eigenvalue weighted by Crippen LogP contribution is -2.47. The van der Waals surface area contributed by atoms with Crippen LogP contribution in [0.25, 0.3) is 16.5 Å². The molecular formula is C19H20BNO2. The molecule has 1 fully saturated rings. The van der Waals surface area contributed by atoms with Gasteiger partial charge < -0.3 is 13.9 Å². The van der Waals surface area contributed by atoms with E-state index >= 15 is 0 Å². The molecule has 0 N–H and O–H groups in total. The summed E-state index contributed by atoms with van der Waals surface area (Å²) in [5.41, 5.74) is 2.35. The van der Waals surface area contributed by atoms with Crippen molar-refractivity contribution in [2.45, 2.75) is 13.8 Å². The Bertz CT molecular complexity index is 817. The number of rotatable bonds is 2. The van der Waals surface area contributed by atoms with Gasteiger partial charge in [0.2, 0.25) is 0 Å². The molecule has 0 amide bonds. The number of hydrogen-bond acceptors (Lipinski definition) is 2. The van der Waals surface area contributed by atoms with E-state index in [1.807, 2.05) is 12.1 Å². The predicted octanol–water partition coefficient (Wildman–Crippen LogP) is 3.40. The minimum atomic E-state index is -0.253. The molecule has 0 radical (unpaired) electrons. The van der Waals surface area contributed by atoms with Crippen LogP contribution in [0, 0.1) is 5.41 Å². The fourth-order valence-electron chi connectivity index (χ4n) is 2.95. The van der Waals surface area contributed by atoms with Crippen LogP contribution >= 0.6 is 0 Å². The van der Waals surface area contributed by atoms with Crippen LogP contribution in [0.2, 0.25) is 0 Å². The Morgan fingerprint density at radius 3 is 2.30 bits per heavy atom. The standard InChI is InChI=1S/C19H20BNO2/c1-19(2)13-22-20(23-14-19)17-7-5-16-12-18(8-6-15(16)11-17)21-9-3-4-10-21/h3-12H,13-14H2,1-2H3. The molecule has 4 rings (SSSR count). The third-order valence-corrected chi connectivity index (χ3v) is 4.27. The maximum absolute atomic E-state index is 5.88. The number of benzene rings is 2. The average Bonchev–Trinajstić information content (AvgIpc) is 3.08. The monoisotopic (exact) mass is 305 g/mol. The van der Waals surface area contributed by atoms with E-state index in [-0.39, 0.29) is 12.5 Å². The average molecular weight is 305 g/mol. The molecule has 3 aromatic rings. The molecule has 1 saturated heterocycles. The van der Waals surface area contributed by atoms with Gasteiger partial charge in [-0.25, -0.2) is 0 Å². The van der Waals surface area contributed by atoms with Crippen molar-refractivity contribution in [2.24, 2.45) is 5.41 Å². The zero-order chi connectivity index (χ0) is 15.9. The second-order valence-corrected chi connectivity index (χ2v) is 7.00. The van der Waals surface area contributed by atoms with E-state index in [4.69, 9.17) is 9.31 Å². The molecule has 0 spiro atoms. The Morgan fingerprint density at radius 2 is 1.57 bits per heavy atom. The van der Waals surface area contributed by atoms with Crippen LogP contribution < -0.4 is 5.46 Å². The molecule has 1 aromatic heterocycles. The maximum Gasteiger partial charge on any atom is 0.493 e. The molecule has 0 unspecified atom stereocenters. The van der Waals surface area contributed by atoms with Gasteiger partial charge >= 0.3 is 7.12 Å². The number of fused-ring (bicyclic) bond motifs is 1. The van der Waals surface area contributed by atoms with Crippen molar-refractivity contribution < 1.29 is 9.31 Å². The van der Waals surface area contributed by atoms with Gasteiger partial charge in [0.1, 0.15) is 0 Å². The lowest BCUT2D eigenvalue weighted by molar-refractivity contribution is 0.0343. The van der Waals surface area contributed by atoms with Crippen LogP contribution in [0.4, 0.5) is 0 Å². The highest BCUT2D eigenvalue weighted by molar-refractivity contribution is 6.61. The summed E-state index contributed by atoms with van der Waals surface area (Å²) < 4.78 is 13.9. The molecule has 0 atom stereocenters. The quantitative estimate of drug-likeness (QED) is 0.677. The first kappa shape index (κ1) is 14.6. The van der Waals surface area contributed by atoms with Crippen molar-refractivity contribution in [3.63, 3.8) is 0 Å². The molecule has 0 saturated carbocycles. The normalized spacial score (nSPS) is 17.6. The zero-order valence-corrected chi connectivity index (χ0v) is 13.5. The molecule has 1 aliphatic rings. The van der Waals surface area contributed by atoms with Crippen molar-refractivity contribution in [3.8, 4) is 5.69 Å².